The fourth-order valence-electron chi connectivity index (χ4n) is 5.73. The average molecular weight is 468 g/mol. The first-order valence-corrected chi connectivity index (χ1v) is 13.4. The summed E-state index contributed by atoms with van der Waals surface area (Å²) in [6.07, 6.45) is 12.5. The van der Waals surface area contributed by atoms with E-state index in [0.717, 1.165) is 44.4 Å². The van der Waals surface area contributed by atoms with Crippen molar-refractivity contribution in [2.75, 3.05) is 6.61 Å². The Morgan fingerprint density at radius 3 is 2.18 bits per heavy atom. The molecule has 1 heterocycles. The maximum Gasteiger partial charge on any atom is 0.247 e. The molecular formula is C26H49N3O4. The van der Waals surface area contributed by atoms with Gasteiger partial charge in [0, 0.05) is 13.0 Å². The number of hydroxylamine groups is 1. The average Bonchev–Trinajstić information content (AvgIpc) is 2.80. The van der Waals surface area contributed by atoms with Crippen molar-refractivity contribution in [3.63, 3.8) is 0 Å². The van der Waals surface area contributed by atoms with Gasteiger partial charge in [-0.2, -0.15) is 0 Å². The molecule has 1 saturated heterocycles. The molecule has 2 unspecified atom stereocenters. The van der Waals surface area contributed by atoms with Gasteiger partial charge in [0.15, 0.2) is 6.29 Å². The molecule has 7 heteroatoms. The molecule has 1 aliphatic carbocycles. The number of hydrogen-bond acceptors (Lipinski definition) is 5. The molecule has 7 nitrogen and oxygen atoms in total. The second kappa shape index (κ2) is 14.9. The fourth-order valence-corrected chi connectivity index (χ4v) is 5.73. The molecule has 4 atom stereocenters. The summed E-state index contributed by atoms with van der Waals surface area (Å²) >= 11 is 0. The number of nitrogens with two attached hydrogens (primary N) is 1. The summed E-state index contributed by atoms with van der Waals surface area (Å²) < 4.78 is 5.62. The van der Waals surface area contributed by atoms with Crippen LogP contribution in [0.4, 0.5) is 0 Å². The van der Waals surface area contributed by atoms with Crippen LogP contribution in [0.3, 0.4) is 0 Å². The molecule has 0 aromatic rings. The Kier molecular flexibility index (Phi) is 12.7. The highest BCUT2D eigenvalue weighted by atomic mass is 16.8. The van der Waals surface area contributed by atoms with E-state index in [1.165, 1.54) is 32.1 Å². The minimum Gasteiger partial charge on any atom is -0.350 e. The van der Waals surface area contributed by atoms with Gasteiger partial charge in [-0.05, 0) is 55.8 Å². The van der Waals surface area contributed by atoms with Gasteiger partial charge in [0.2, 0.25) is 11.8 Å². The van der Waals surface area contributed by atoms with Crippen molar-refractivity contribution in [3.05, 3.63) is 0 Å². The molecule has 2 amide bonds. The molecule has 4 N–H and O–H groups in total. The first-order valence-electron chi connectivity index (χ1n) is 13.4. The third-order valence-corrected chi connectivity index (χ3v) is 7.32. The van der Waals surface area contributed by atoms with Crippen LogP contribution in [0.25, 0.3) is 0 Å². The van der Waals surface area contributed by atoms with Crippen LogP contribution in [0.2, 0.25) is 0 Å². The Morgan fingerprint density at radius 2 is 1.61 bits per heavy atom. The molecule has 192 valence electrons. The number of hydrazine groups is 1. The zero-order valence-corrected chi connectivity index (χ0v) is 21.4. The first kappa shape index (κ1) is 28.1. The quantitative estimate of drug-likeness (QED) is 0.204. The Labute approximate surface area is 201 Å². The lowest BCUT2D eigenvalue weighted by molar-refractivity contribution is -0.204. The second-order valence-corrected chi connectivity index (χ2v) is 11.1. The van der Waals surface area contributed by atoms with Crippen LogP contribution in [-0.2, 0) is 19.2 Å². The van der Waals surface area contributed by atoms with Crippen LogP contribution >= 0.6 is 0 Å². The van der Waals surface area contributed by atoms with Gasteiger partial charge < -0.3 is 4.74 Å². The van der Waals surface area contributed by atoms with Gasteiger partial charge in [-0.3, -0.25) is 15.0 Å². The van der Waals surface area contributed by atoms with Gasteiger partial charge in [-0.15, -0.1) is 0 Å². The van der Waals surface area contributed by atoms with E-state index in [1.54, 1.807) is 0 Å². The lowest BCUT2D eigenvalue weighted by Gasteiger charge is -2.35. The highest BCUT2D eigenvalue weighted by molar-refractivity contribution is 5.87. The number of amides is 2. The van der Waals surface area contributed by atoms with Gasteiger partial charge in [0.25, 0.3) is 0 Å². The number of carbonyl (C=O) groups excluding carboxylic acids is 2. The molecule has 33 heavy (non-hydrogen) atoms. The lowest BCUT2D eigenvalue weighted by Crippen LogP contribution is -2.48. The van der Waals surface area contributed by atoms with Crippen LogP contribution in [0.1, 0.15) is 105 Å². The molecular weight excluding hydrogens is 418 g/mol. The van der Waals surface area contributed by atoms with Crippen molar-refractivity contribution in [2.24, 2.45) is 41.4 Å². The Balaban J connectivity index is 2.21. The molecule has 0 aromatic heterocycles. The van der Waals surface area contributed by atoms with Crippen molar-refractivity contribution < 1.29 is 19.2 Å². The summed E-state index contributed by atoms with van der Waals surface area (Å²) in [4.78, 5) is 32.2. The number of ether oxygens (including phenoxy) is 1. The van der Waals surface area contributed by atoms with E-state index in [2.05, 4.69) is 38.6 Å². The zero-order chi connectivity index (χ0) is 24.2. The summed E-state index contributed by atoms with van der Waals surface area (Å²) in [5, 5.41) is 0. The molecule has 0 aromatic carbocycles. The monoisotopic (exact) mass is 467 g/mol. The number of rotatable bonds is 13. The molecule has 2 aliphatic rings. The van der Waals surface area contributed by atoms with Gasteiger partial charge in [-0.25, -0.2) is 16.2 Å². The smallest absolute Gasteiger partial charge is 0.247 e. The van der Waals surface area contributed by atoms with Crippen LogP contribution in [0.15, 0.2) is 0 Å². The number of nitrogens with one attached hydrogen (secondary N) is 2. The maximum atomic E-state index is 13.6. The fraction of sp³-hybridized carbons (Fsp3) is 0.923. The minimum atomic E-state index is -0.485. The molecule has 0 radical (unpaired) electrons. The molecule has 2 rings (SSSR count). The zero-order valence-electron chi connectivity index (χ0n) is 21.4. The molecule has 2 fully saturated rings. The third-order valence-electron chi connectivity index (χ3n) is 7.32. The van der Waals surface area contributed by atoms with Crippen LogP contribution in [0.5, 0.6) is 0 Å². The molecule has 0 spiro atoms. The maximum absolute atomic E-state index is 13.6. The van der Waals surface area contributed by atoms with Crippen LogP contribution in [0, 0.1) is 35.5 Å². The summed E-state index contributed by atoms with van der Waals surface area (Å²) in [5.41, 5.74) is 5.03. The van der Waals surface area contributed by atoms with E-state index in [4.69, 9.17) is 15.4 Å². The van der Waals surface area contributed by atoms with E-state index in [9.17, 15) is 9.59 Å². The van der Waals surface area contributed by atoms with Gasteiger partial charge in [0.1, 0.15) is 0 Å². The molecule has 1 aliphatic heterocycles. The van der Waals surface area contributed by atoms with E-state index in [1.807, 2.05) is 0 Å². The van der Waals surface area contributed by atoms with Crippen LogP contribution < -0.4 is 16.7 Å². The number of hydrogen-bond donors (Lipinski definition) is 3. The standard InChI is InChI=1S/C26H49N3O4/c1-18(2)16-21(14-13-20-10-6-5-7-11-20)24(22(17-19(3)4)25(30)28-27)26(31)29-33-23-12-8-9-15-32-23/h18-24H,5-17,27H2,1-4H3,(H,28,30)(H,29,31)/t21?,22-,23?,24+/m1/s1. The highest BCUT2D eigenvalue weighted by Gasteiger charge is 2.40. The van der Waals surface area contributed by atoms with E-state index < -0.39 is 18.1 Å². The Morgan fingerprint density at radius 1 is 0.939 bits per heavy atom. The summed E-state index contributed by atoms with van der Waals surface area (Å²) in [6.45, 7) is 9.19. The van der Waals surface area contributed by atoms with E-state index >= 15 is 0 Å². The van der Waals surface area contributed by atoms with Gasteiger partial charge in [0.05, 0.1) is 11.8 Å². The van der Waals surface area contributed by atoms with Crippen molar-refractivity contribution in [2.45, 2.75) is 111 Å². The summed E-state index contributed by atoms with van der Waals surface area (Å²) in [5.74, 6) is 5.68. The van der Waals surface area contributed by atoms with E-state index in [-0.39, 0.29) is 23.7 Å². The van der Waals surface area contributed by atoms with Gasteiger partial charge >= 0.3 is 0 Å². The predicted molar refractivity (Wildman–Crippen MR) is 130 cm³/mol. The Hall–Kier alpha value is -1.18. The number of carbonyl (C=O) groups is 2. The van der Waals surface area contributed by atoms with Crippen molar-refractivity contribution in [1.29, 1.82) is 0 Å². The predicted octanol–water partition coefficient (Wildman–Crippen LogP) is 4.85. The normalized spacial score (nSPS) is 22.7. The molecule has 1 saturated carbocycles. The largest absolute Gasteiger partial charge is 0.350 e. The van der Waals surface area contributed by atoms with E-state index in [0.29, 0.717) is 18.9 Å². The highest BCUT2D eigenvalue weighted by Crippen LogP contribution is 2.37. The summed E-state index contributed by atoms with van der Waals surface area (Å²) in [6, 6.07) is 0. The van der Waals surface area contributed by atoms with Gasteiger partial charge in [-0.1, -0.05) is 66.2 Å². The lowest BCUT2D eigenvalue weighted by atomic mass is 9.71. The summed E-state index contributed by atoms with van der Waals surface area (Å²) in [7, 11) is 0. The van der Waals surface area contributed by atoms with Crippen LogP contribution in [-0.4, -0.2) is 24.7 Å². The second-order valence-electron chi connectivity index (χ2n) is 11.1. The molecule has 0 bridgehead atoms. The Bertz CT molecular complexity index is 572. The SMILES string of the molecule is CC(C)CC(CCC1CCCCC1)[C@H](C(=O)NOC1CCCCO1)[C@@H](CC(C)C)C(=O)NN. The van der Waals surface area contributed by atoms with Crippen molar-refractivity contribution >= 4 is 11.8 Å². The minimum absolute atomic E-state index is 0.101. The van der Waals surface area contributed by atoms with Crippen molar-refractivity contribution in [3.8, 4) is 0 Å². The van der Waals surface area contributed by atoms with Crippen molar-refractivity contribution in [1.82, 2.24) is 10.9 Å². The third kappa shape index (κ3) is 9.91. The first-order chi connectivity index (χ1) is 15.8. The topological polar surface area (TPSA) is 103 Å².